The number of fused-ring (bicyclic) bond motifs is 1. The lowest BCUT2D eigenvalue weighted by atomic mass is 10.2. The van der Waals surface area contributed by atoms with Gasteiger partial charge in [-0.2, -0.15) is 0 Å². The van der Waals surface area contributed by atoms with Crippen molar-refractivity contribution in [1.29, 1.82) is 0 Å². The number of nitrogens with zero attached hydrogens (tertiary/aromatic N) is 5. The van der Waals surface area contributed by atoms with E-state index < -0.39 is 0 Å². The predicted molar refractivity (Wildman–Crippen MR) is 142 cm³/mol. The van der Waals surface area contributed by atoms with Gasteiger partial charge in [-0.3, -0.25) is 9.59 Å². The van der Waals surface area contributed by atoms with Crippen LogP contribution in [0.2, 0.25) is 0 Å². The molecule has 1 aliphatic heterocycles. The number of aromatic nitrogens is 3. The van der Waals surface area contributed by atoms with Crippen LogP contribution in [0, 0.1) is 6.92 Å². The van der Waals surface area contributed by atoms with Crippen LogP contribution in [0.25, 0.3) is 10.3 Å². The van der Waals surface area contributed by atoms with Gasteiger partial charge in [0.05, 0.1) is 0 Å². The molecule has 1 saturated heterocycles. The van der Waals surface area contributed by atoms with Gasteiger partial charge in [-0.25, -0.2) is 15.0 Å². The Morgan fingerprint density at radius 2 is 1.92 bits per heavy atom. The van der Waals surface area contributed by atoms with Gasteiger partial charge >= 0.3 is 0 Å². The molecule has 36 heavy (non-hydrogen) atoms. The van der Waals surface area contributed by atoms with Crippen molar-refractivity contribution >= 4 is 56.0 Å². The van der Waals surface area contributed by atoms with E-state index in [0.29, 0.717) is 29.6 Å². The van der Waals surface area contributed by atoms with E-state index in [-0.39, 0.29) is 17.9 Å². The summed E-state index contributed by atoms with van der Waals surface area (Å²) in [5.74, 6) is 1.21. The minimum absolute atomic E-state index is 0.00363. The second kappa shape index (κ2) is 9.90. The quantitative estimate of drug-likeness (QED) is 0.407. The summed E-state index contributed by atoms with van der Waals surface area (Å²) in [4.78, 5) is 42.7. The largest absolute Gasteiger partial charge is 0.352 e. The van der Waals surface area contributed by atoms with Crippen LogP contribution in [-0.2, 0) is 4.79 Å². The fourth-order valence-corrected chi connectivity index (χ4v) is 5.06. The SMILES string of the molecule is CC(=O)NC1CCN(C(=O)c2ccnc(Nc3nc4ccc(N(C)c5ccc(C)cc5)nc4s3)c2)C1. The molecule has 1 aromatic carbocycles. The molecule has 0 bridgehead atoms. The number of carbonyl (C=O) groups excluding carboxylic acids is 2. The zero-order valence-corrected chi connectivity index (χ0v) is 21.2. The average Bonchev–Trinajstić information content (AvgIpc) is 3.49. The summed E-state index contributed by atoms with van der Waals surface area (Å²) in [6, 6.07) is 15.6. The minimum Gasteiger partial charge on any atom is -0.352 e. The summed E-state index contributed by atoms with van der Waals surface area (Å²) >= 11 is 1.43. The number of anilines is 4. The van der Waals surface area contributed by atoms with Gasteiger partial charge in [0, 0.05) is 50.6 Å². The molecule has 1 atom stereocenters. The molecule has 0 aliphatic carbocycles. The van der Waals surface area contributed by atoms with Crippen molar-refractivity contribution in [3.63, 3.8) is 0 Å². The number of rotatable bonds is 6. The van der Waals surface area contributed by atoms with Gasteiger partial charge in [0.15, 0.2) is 5.13 Å². The molecule has 5 rings (SSSR count). The maximum Gasteiger partial charge on any atom is 0.254 e. The van der Waals surface area contributed by atoms with Crippen molar-refractivity contribution in [2.24, 2.45) is 0 Å². The molecule has 2 N–H and O–H groups in total. The Labute approximate surface area is 213 Å². The number of thiazole rings is 1. The highest BCUT2D eigenvalue weighted by Crippen LogP contribution is 2.30. The molecule has 3 aromatic heterocycles. The molecule has 184 valence electrons. The Hall–Kier alpha value is -4.05. The highest BCUT2D eigenvalue weighted by Gasteiger charge is 2.27. The molecule has 1 unspecified atom stereocenters. The monoisotopic (exact) mass is 501 g/mol. The molecule has 4 heterocycles. The molecule has 4 aromatic rings. The maximum absolute atomic E-state index is 13.0. The van der Waals surface area contributed by atoms with E-state index in [1.54, 1.807) is 23.2 Å². The van der Waals surface area contributed by atoms with Crippen LogP contribution in [0.4, 0.5) is 22.5 Å². The highest BCUT2D eigenvalue weighted by molar-refractivity contribution is 7.21. The number of aryl methyl sites for hydroxylation is 1. The van der Waals surface area contributed by atoms with Crippen molar-refractivity contribution in [3.05, 3.63) is 65.9 Å². The summed E-state index contributed by atoms with van der Waals surface area (Å²) in [7, 11) is 1.99. The van der Waals surface area contributed by atoms with Crippen LogP contribution in [0.3, 0.4) is 0 Å². The molecule has 0 saturated carbocycles. The molecule has 10 heteroatoms. The summed E-state index contributed by atoms with van der Waals surface area (Å²) in [6.07, 6.45) is 2.36. The second-order valence-corrected chi connectivity index (χ2v) is 9.88. The zero-order chi connectivity index (χ0) is 25.2. The second-order valence-electron chi connectivity index (χ2n) is 8.90. The number of benzene rings is 1. The molecule has 0 spiro atoms. The molecule has 1 fully saturated rings. The average molecular weight is 502 g/mol. The molecule has 1 aliphatic rings. The number of likely N-dealkylation sites (tertiary alicyclic amines) is 1. The third-order valence-corrected chi connectivity index (χ3v) is 7.01. The molecular weight excluding hydrogens is 474 g/mol. The first-order chi connectivity index (χ1) is 17.4. The summed E-state index contributed by atoms with van der Waals surface area (Å²) in [5.41, 5.74) is 3.60. The first kappa shape index (κ1) is 23.7. The molecule has 9 nitrogen and oxygen atoms in total. The molecular formula is C26H27N7O2S. The van der Waals surface area contributed by atoms with E-state index in [1.807, 2.05) is 24.1 Å². The number of pyridine rings is 2. The van der Waals surface area contributed by atoms with Crippen molar-refractivity contribution in [2.75, 3.05) is 30.4 Å². The van der Waals surface area contributed by atoms with Crippen LogP contribution in [0.1, 0.15) is 29.3 Å². The van der Waals surface area contributed by atoms with Crippen LogP contribution >= 0.6 is 11.3 Å². The van der Waals surface area contributed by atoms with Crippen molar-refractivity contribution in [1.82, 2.24) is 25.2 Å². The summed E-state index contributed by atoms with van der Waals surface area (Å²) in [6.45, 7) is 4.67. The van der Waals surface area contributed by atoms with E-state index in [4.69, 9.17) is 4.98 Å². The molecule has 0 radical (unpaired) electrons. The standard InChI is InChI=1S/C26H27N7O2S/c1-16-4-6-20(7-5-16)32(3)23-9-8-21-24(31-23)36-26(29-21)30-22-14-18(10-12-27-22)25(35)33-13-11-19(15-33)28-17(2)34/h4-10,12,14,19H,11,13,15H2,1-3H3,(H,28,34)(H,27,29,30). The number of amides is 2. The Balaban J connectivity index is 1.30. The third kappa shape index (κ3) is 5.13. The fourth-order valence-electron chi connectivity index (χ4n) is 4.22. The van der Waals surface area contributed by atoms with Gasteiger partial charge < -0.3 is 20.4 Å². The lowest BCUT2D eigenvalue weighted by Crippen LogP contribution is -2.37. The van der Waals surface area contributed by atoms with Crippen LogP contribution in [0.5, 0.6) is 0 Å². The Kier molecular flexibility index (Phi) is 6.51. The third-order valence-electron chi connectivity index (χ3n) is 6.13. The number of hydrogen-bond donors (Lipinski definition) is 2. The fraction of sp³-hybridized carbons (Fsp3) is 0.269. The van der Waals surface area contributed by atoms with Gasteiger partial charge in [0.1, 0.15) is 22.0 Å². The Morgan fingerprint density at radius 1 is 1.11 bits per heavy atom. The van der Waals surface area contributed by atoms with Gasteiger partial charge in [-0.15, -0.1) is 0 Å². The van der Waals surface area contributed by atoms with Crippen LogP contribution in [-0.4, -0.2) is 57.8 Å². The van der Waals surface area contributed by atoms with E-state index in [2.05, 4.69) is 51.8 Å². The van der Waals surface area contributed by atoms with E-state index in [9.17, 15) is 9.59 Å². The lowest BCUT2D eigenvalue weighted by molar-refractivity contribution is -0.119. The van der Waals surface area contributed by atoms with Crippen molar-refractivity contribution < 1.29 is 9.59 Å². The number of carbonyl (C=O) groups is 2. The van der Waals surface area contributed by atoms with Gasteiger partial charge in [0.2, 0.25) is 5.91 Å². The van der Waals surface area contributed by atoms with E-state index >= 15 is 0 Å². The number of nitrogens with one attached hydrogen (secondary N) is 2. The predicted octanol–water partition coefficient (Wildman–Crippen LogP) is 4.26. The Morgan fingerprint density at radius 3 is 2.69 bits per heavy atom. The van der Waals surface area contributed by atoms with Gasteiger partial charge in [-0.1, -0.05) is 29.0 Å². The number of hydrogen-bond acceptors (Lipinski definition) is 8. The Bertz CT molecular complexity index is 1420. The topological polar surface area (TPSA) is 103 Å². The van der Waals surface area contributed by atoms with Crippen LogP contribution < -0.4 is 15.5 Å². The smallest absolute Gasteiger partial charge is 0.254 e. The van der Waals surface area contributed by atoms with Crippen molar-refractivity contribution in [2.45, 2.75) is 26.3 Å². The minimum atomic E-state index is -0.0805. The summed E-state index contributed by atoms with van der Waals surface area (Å²) in [5, 5.41) is 6.75. The highest BCUT2D eigenvalue weighted by atomic mass is 32.1. The maximum atomic E-state index is 13.0. The van der Waals surface area contributed by atoms with Gasteiger partial charge in [0.25, 0.3) is 5.91 Å². The van der Waals surface area contributed by atoms with E-state index in [1.165, 1.54) is 23.8 Å². The van der Waals surface area contributed by atoms with E-state index in [0.717, 1.165) is 28.3 Å². The lowest BCUT2D eigenvalue weighted by Gasteiger charge is -2.18. The van der Waals surface area contributed by atoms with Crippen LogP contribution in [0.15, 0.2) is 54.7 Å². The molecule has 2 amide bonds. The summed E-state index contributed by atoms with van der Waals surface area (Å²) < 4.78 is 0. The zero-order valence-electron chi connectivity index (χ0n) is 20.4. The van der Waals surface area contributed by atoms with Gasteiger partial charge in [-0.05, 0) is 49.7 Å². The normalized spacial score (nSPS) is 15.2. The first-order valence-corrected chi connectivity index (χ1v) is 12.5. The first-order valence-electron chi connectivity index (χ1n) is 11.7. The van der Waals surface area contributed by atoms with Crippen molar-refractivity contribution in [3.8, 4) is 0 Å².